The zero-order valence-corrected chi connectivity index (χ0v) is 7.41. The van der Waals surface area contributed by atoms with Gasteiger partial charge in [0.25, 0.3) is 0 Å². The van der Waals surface area contributed by atoms with Crippen LogP contribution in [0.15, 0.2) is 0 Å². The van der Waals surface area contributed by atoms with Crippen molar-refractivity contribution in [3.8, 4) is 0 Å². The molecule has 0 amide bonds. The van der Waals surface area contributed by atoms with Crippen LogP contribution in [0.5, 0.6) is 0 Å². The van der Waals surface area contributed by atoms with E-state index in [2.05, 4.69) is 10.9 Å². The Morgan fingerprint density at radius 2 is 2.00 bits per heavy atom. The zero-order valence-electron chi connectivity index (χ0n) is 7.41. The van der Waals surface area contributed by atoms with E-state index in [-0.39, 0.29) is 6.42 Å². The lowest BCUT2D eigenvalue weighted by Crippen LogP contribution is -2.43. The molecule has 4 N–H and O–H groups in total. The largest absolute Gasteiger partial charge is 0.481 e. The number of rotatable bonds is 7. The van der Waals surface area contributed by atoms with Gasteiger partial charge in [0.15, 0.2) is 0 Å². The lowest BCUT2D eigenvalue weighted by molar-refractivity contribution is -0.139. The summed E-state index contributed by atoms with van der Waals surface area (Å²) in [5, 5.41) is 16.7. The number of hydrogen-bond acceptors (Lipinski definition) is 4. The van der Waals surface area contributed by atoms with Crippen LogP contribution in [0, 0.1) is 0 Å². The van der Waals surface area contributed by atoms with E-state index in [1.54, 1.807) is 0 Å². The highest BCUT2D eigenvalue weighted by Crippen LogP contribution is 1.85. The van der Waals surface area contributed by atoms with Gasteiger partial charge in [0.2, 0.25) is 0 Å². The minimum atomic E-state index is -0.953. The van der Waals surface area contributed by atoms with Crippen LogP contribution in [0.4, 0.5) is 0 Å². The SMILES string of the molecule is C[C@H](NNCCCC(=O)O)C(=O)O. The molecule has 0 aromatic heterocycles. The maximum Gasteiger partial charge on any atom is 0.321 e. The van der Waals surface area contributed by atoms with Crippen molar-refractivity contribution in [3.05, 3.63) is 0 Å². The van der Waals surface area contributed by atoms with Crippen molar-refractivity contribution in [2.45, 2.75) is 25.8 Å². The summed E-state index contributed by atoms with van der Waals surface area (Å²) in [6, 6.07) is -0.676. The first-order valence-electron chi connectivity index (χ1n) is 3.97. The van der Waals surface area contributed by atoms with Gasteiger partial charge in [-0.3, -0.25) is 15.0 Å². The molecule has 0 heterocycles. The maximum absolute atomic E-state index is 10.3. The molecule has 0 unspecified atom stereocenters. The summed E-state index contributed by atoms with van der Waals surface area (Å²) >= 11 is 0. The summed E-state index contributed by atoms with van der Waals surface area (Å²) in [4.78, 5) is 20.3. The van der Waals surface area contributed by atoms with Gasteiger partial charge in [-0.2, -0.15) is 0 Å². The highest BCUT2D eigenvalue weighted by atomic mass is 16.4. The fourth-order valence-corrected chi connectivity index (χ4v) is 0.615. The van der Waals surface area contributed by atoms with Crippen LogP contribution >= 0.6 is 0 Å². The molecule has 0 fully saturated rings. The van der Waals surface area contributed by atoms with Gasteiger partial charge in [-0.25, -0.2) is 5.43 Å². The van der Waals surface area contributed by atoms with Crippen LogP contribution in [0.2, 0.25) is 0 Å². The lowest BCUT2D eigenvalue weighted by atomic mass is 10.3. The summed E-state index contributed by atoms with van der Waals surface area (Å²) in [5.74, 6) is -1.81. The Morgan fingerprint density at radius 3 is 2.46 bits per heavy atom. The molecule has 0 aliphatic heterocycles. The standard InChI is InChI=1S/C7H14N2O4/c1-5(7(12)13)9-8-4-2-3-6(10)11/h5,8-9H,2-4H2,1H3,(H,10,11)(H,12,13)/t5-/m0/s1. The normalized spacial score (nSPS) is 12.4. The van der Waals surface area contributed by atoms with Crippen LogP contribution in [-0.4, -0.2) is 34.7 Å². The smallest absolute Gasteiger partial charge is 0.321 e. The number of nitrogens with one attached hydrogen (secondary N) is 2. The Kier molecular flexibility index (Phi) is 5.82. The van der Waals surface area contributed by atoms with E-state index in [0.29, 0.717) is 13.0 Å². The molecule has 6 heteroatoms. The summed E-state index contributed by atoms with van der Waals surface area (Å²) in [5.41, 5.74) is 5.14. The molecule has 0 bridgehead atoms. The molecule has 0 aromatic rings. The van der Waals surface area contributed by atoms with E-state index in [1.165, 1.54) is 6.92 Å². The second-order valence-corrected chi connectivity index (χ2v) is 2.63. The Labute approximate surface area is 75.9 Å². The quantitative estimate of drug-likeness (QED) is 0.316. The summed E-state index contributed by atoms with van der Waals surface area (Å²) < 4.78 is 0. The first-order chi connectivity index (χ1) is 6.04. The number of carbonyl (C=O) groups is 2. The maximum atomic E-state index is 10.3. The predicted molar refractivity (Wildman–Crippen MR) is 45.1 cm³/mol. The molecule has 0 rings (SSSR count). The van der Waals surface area contributed by atoms with Gasteiger partial charge >= 0.3 is 11.9 Å². The molecular formula is C7H14N2O4. The van der Waals surface area contributed by atoms with Crippen molar-refractivity contribution in [3.63, 3.8) is 0 Å². The van der Waals surface area contributed by atoms with Gasteiger partial charge in [-0.15, -0.1) is 0 Å². The van der Waals surface area contributed by atoms with Gasteiger partial charge < -0.3 is 10.2 Å². The van der Waals surface area contributed by atoms with E-state index in [9.17, 15) is 9.59 Å². The minimum absolute atomic E-state index is 0.0795. The van der Waals surface area contributed by atoms with Crippen LogP contribution in [0.25, 0.3) is 0 Å². The monoisotopic (exact) mass is 190 g/mol. The first-order valence-corrected chi connectivity index (χ1v) is 3.97. The van der Waals surface area contributed by atoms with Crippen molar-refractivity contribution in [1.82, 2.24) is 10.9 Å². The van der Waals surface area contributed by atoms with Crippen molar-refractivity contribution >= 4 is 11.9 Å². The second-order valence-electron chi connectivity index (χ2n) is 2.63. The third-order valence-electron chi connectivity index (χ3n) is 1.38. The average molecular weight is 190 g/mol. The van der Waals surface area contributed by atoms with E-state index in [1.807, 2.05) is 0 Å². The Balaban J connectivity index is 3.26. The number of aliphatic carboxylic acids is 2. The molecule has 76 valence electrons. The average Bonchev–Trinajstić information content (AvgIpc) is 2.02. The predicted octanol–water partition coefficient (Wildman–Crippen LogP) is -0.581. The molecule has 0 spiro atoms. The van der Waals surface area contributed by atoms with E-state index in [0.717, 1.165) is 0 Å². The number of carboxylic acid groups (broad SMARTS) is 2. The van der Waals surface area contributed by atoms with Gasteiger partial charge in [-0.05, 0) is 13.3 Å². The lowest BCUT2D eigenvalue weighted by Gasteiger charge is -2.09. The minimum Gasteiger partial charge on any atom is -0.481 e. The van der Waals surface area contributed by atoms with Gasteiger partial charge in [0, 0.05) is 13.0 Å². The van der Waals surface area contributed by atoms with Crippen molar-refractivity contribution < 1.29 is 19.8 Å². The first kappa shape index (κ1) is 11.9. The van der Waals surface area contributed by atoms with Crippen LogP contribution in [0.1, 0.15) is 19.8 Å². The van der Waals surface area contributed by atoms with Crippen LogP contribution in [-0.2, 0) is 9.59 Å². The number of carboxylic acids is 2. The molecule has 1 atom stereocenters. The summed E-state index contributed by atoms with van der Waals surface area (Å²) in [7, 11) is 0. The molecule has 0 aliphatic carbocycles. The van der Waals surface area contributed by atoms with E-state index < -0.39 is 18.0 Å². The second kappa shape index (κ2) is 6.38. The molecule has 0 saturated carbocycles. The van der Waals surface area contributed by atoms with Crippen molar-refractivity contribution in [1.29, 1.82) is 0 Å². The fraction of sp³-hybridized carbons (Fsp3) is 0.714. The molecule has 0 aliphatic rings. The van der Waals surface area contributed by atoms with Crippen LogP contribution in [0.3, 0.4) is 0 Å². The fourth-order valence-electron chi connectivity index (χ4n) is 0.615. The van der Waals surface area contributed by atoms with Gasteiger partial charge in [-0.1, -0.05) is 0 Å². The third-order valence-corrected chi connectivity index (χ3v) is 1.38. The summed E-state index contributed by atoms with van der Waals surface area (Å²) in [6.45, 7) is 1.93. The number of hydrogen-bond donors (Lipinski definition) is 4. The van der Waals surface area contributed by atoms with Gasteiger partial charge in [0.05, 0.1) is 0 Å². The molecule has 6 nitrogen and oxygen atoms in total. The molecule has 0 aromatic carbocycles. The zero-order chi connectivity index (χ0) is 10.3. The molecule has 0 saturated heterocycles. The van der Waals surface area contributed by atoms with E-state index in [4.69, 9.17) is 10.2 Å². The number of hydrazine groups is 1. The highest BCUT2D eigenvalue weighted by Gasteiger charge is 2.08. The van der Waals surface area contributed by atoms with Crippen molar-refractivity contribution in [2.75, 3.05) is 6.54 Å². The molecule has 13 heavy (non-hydrogen) atoms. The topological polar surface area (TPSA) is 98.7 Å². The van der Waals surface area contributed by atoms with Gasteiger partial charge in [0.1, 0.15) is 6.04 Å². The Morgan fingerprint density at radius 1 is 1.38 bits per heavy atom. The summed E-state index contributed by atoms with van der Waals surface area (Å²) in [6.07, 6.45) is 0.546. The van der Waals surface area contributed by atoms with E-state index >= 15 is 0 Å². The Bertz CT molecular complexity index is 183. The third kappa shape index (κ3) is 7.23. The molecular weight excluding hydrogens is 176 g/mol. The highest BCUT2D eigenvalue weighted by molar-refractivity contribution is 5.72. The molecule has 0 radical (unpaired) electrons. The van der Waals surface area contributed by atoms with Crippen molar-refractivity contribution in [2.24, 2.45) is 0 Å². The van der Waals surface area contributed by atoms with Crippen LogP contribution < -0.4 is 10.9 Å². The Hall–Kier alpha value is -1.14.